The minimum Gasteiger partial charge on any atom is -0.385 e. The Balaban J connectivity index is 0.000000284. The molecule has 1 heterocycles. The Morgan fingerprint density at radius 1 is 0.394 bits per heavy atom. The number of nitrogens with zero attached hydrogens (tertiary/aromatic N) is 1. The number of hydrogen-bond acceptors (Lipinski definition) is 2. The molecule has 0 aliphatic carbocycles. The number of aromatic nitrogens is 1. The maximum Gasteiger partial charge on any atom is 0.227 e. The van der Waals surface area contributed by atoms with E-state index in [0.29, 0.717) is 5.56 Å². The normalized spacial score (nSPS) is 11.6. The fraction of sp³-hybridized carbons (Fsp3) is 0.0476. The third-order valence-corrected chi connectivity index (χ3v) is 10.3. The topological polar surface area (TPSA) is 41.2 Å². The van der Waals surface area contributed by atoms with Crippen molar-refractivity contribution < 1.29 is 102 Å². The van der Waals surface area contributed by atoms with Gasteiger partial charge in [0.05, 0.1) is 5.39 Å². The van der Waals surface area contributed by atoms with E-state index in [2.05, 4.69) is 0 Å². The highest BCUT2D eigenvalue weighted by Gasteiger charge is 2.52. The van der Waals surface area contributed by atoms with Crippen LogP contribution in [0.1, 0.15) is 16.1 Å². The first-order valence-electron chi connectivity index (χ1n) is 17.8. The van der Waals surface area contributed by atoms with Gasteiger partial charge in [-0.25, -0.2) is 87.8 Å². The predicted octanol–water partition coefficient (Wildman–Crippen LogP) is 8.35. The van der Waals surface area contributed by atoms with Crippen molar-refractivity contribution in [1.82, 2.24) is 0 Å². The zero-order valence-electron chi connectivity index (χ0n) is 31.7. The number of pyridine rings is 1. The van der Waals surface area contributed by atoms with E-state index in [4.69, 9.17) is 0 Å². The number of aliphatic hydroxyl groups excluding tert-OH is 1. The first-order chi connectivity index (χ1) is 31.0. The lowest BCUT2D eigenvalue weighted by Gasteiger charge is -2.44. The molecule has 3 nitrogen and oxygen atoms in total. The standard InChI is InChI=1S/C24BF20.C18H16NO2/c26-5-1(6(27)14(35)21(42)13(5)34)25(2-7(28)15(36)22(43)16(37)8(2)29,3-9(30)17(38)23(44)18(39)10(3)31)4-11(32)19(40)24(45)20(41)12(4)33;20-13-17-16-9-5-4-6-14(16)10-11-19(17)12-18(21)15-7-2-1-3-8-15/h;1-11,20H,12-13H2/q-1;+1. The number of Topliss-reactive ketones (excluding diaryl/α,β-unsaturated/α-hetero) is 1. The van der Waals surface area contributed by atoms with Crippen LogP contribution in [0, 0.1) is 116 Å². The summed E-state index contributed by atoms with van der Waals surface area (Å²) in [5.41, 5.74) is -12.9. The highest BCUT2D eigenvalue weighted by atomic mass is 19.2. The second kappa shape index (κ2) is 18.1. The summed E-state index contributed by atoms with van der Waals surface area (Å²) in [6, 6.07) is 19.0. The molecule has 7 rings (SSSR count). The smallest absolute Gasteiger partial charge is 0.227 e. The number of aliphatic hydroxyl groups is 1. The van der Waals surface area contributed by atoms with E-state index in [-0.39, 0.29) is 18.9 Å². The van der Waals surface area contributed by atoms with Crippen molar-refractivity contribution in [2.24, 2.45) is 0 Å². The molecule has 66 heavy (non-hydrogen) atoms. The highest BCUT2D eigenvalue weighted by molar-refractivity contribution is 7.20. The maximum absolute atomic E-state index is 15.4. The number of carbonyl (C=O) groups is 1. The number of rotatable bonds is 8. The number of fused-ring (bicyclic) bond motifs is 1. The van der Waals surface area contributed by atoms with E-state index in [1.54, 1.807) is 0 Å². The molecule has 0 spiro atoms. The highest BCUT2D eigenvalue weighted by Crippen LogP contribution is 2.31. The van der Waals surface area contributed by atoms with Gasteiger partial charge in [-0.05, 0) is 11.5 Å². The Kier molecular flexibility index (Phi) is 13.3. The van der Waals surface area contributed by atoms with Crippen LogP contribution in [-0.4, -0.2) is 17.0 Å². The van der Waals surface area contributed by atoms with Crippen LogP contribution in [0.4, 0.5) is 87.8 Å². The number of hydrogen-bond donors (Lipinski definition) is 1. The lowest BCUT2D eigenvalue weighted by Crippen LogP contribution is -2.81. The average molecular weight is 957 g/mol. The summed E-state index contributed by atoms with van der Waals surface area (Å²) >= 11 is 0. The first kappa shape index (κ1) is 48.5. The number of benzene rings is 6. The first-order valence-corrected chi connectivity index (χ1v) is 17.8. The van der Waals surface area contributed by atoms with Gasteiger partial charge in [0.25, 0.3) is 0 Å². The van der Waals surface area contributed by atoms with Crippen LogP contribution in [0.5, 0.6) is 0 Å². The molecule has 0 aliphatic heterocycles. The van der Waals surface area contributed by atoms with Crippen molar-refractivity contribution in [1.29, 1.82) is 0 Å². The van der Waals surface area contributed by atoms with Gasteiger partial charge in [0, 0.05) is 11.6 Å². The Morgan fingerprint density at radius 2 is 0.682 bits per heavy atom. The third kappa shape index (κ3) is 7.45. The van der Waals surface area contributed by atoms with Crippen molar-refractivity contribution in [2.45, 2.75) is 13.2 Å². The average Bonchev–Trinajstić information content (AvgIpc) is 3.31. The molecule has 0 saturated carbocycles. The molecule has 1 N–H and O–H groups in total. The van der Waals surface area contributed by atoms with Gasteiger partial charge in [0.1, 0.15) is 59.3 Å². The fourth-order valence-corrected chi connectivity index (χ4v) is 7.39. The molecule has 0 radical (unpaired) electrons. The van der Waals surface area contributed by atoms with Gasteiger partial charge < -0.3 is 5.11 Å². The maximum atomic E-state index is 15.4. The van der Waals surface area contributed by atoms with Crippen LogP contribution in [0.2, 0.25) is 0 Å². The van der Waals surface area contributed by atoms with E-state index in [9.17, 15) is 62.6 Å². The number of halogens is 20. The fourth-order valence-electron chi connectivity index (χ4n) is 7.39. The minimum atomic E-state index is -7.22. The van der Waals surface area contributed by atoms with Gasteiger partial charge in [0.15, 0.2) is 76.0 Å². The molecule has 0 atom stereocenters. The molecule has 0 bridgehead atoms. The van der Waals surface area contributed by atoms with E-state index in [1.165, 1.54) is 0 Å². The molecular weight excluding hydrogens is 941 g/mol. The van der Waals surface area contributed by atoms with Crippen LogP contribution in [0.25, 0.3) is 10.8 Å². The molecule has 344 valence electrons. The number of ketones is 1. The Labute approximate surface area is 354 Å². The van der Waals surface area contributed by atoms with Gasteiger partial charge in [-0.15, -0.1) is 21.9 Å². The van der Waals surface area contributed by atoms with Gasteiger partial charge in [-0.3, -0.25) is 4.79 Å². The molecular formula is C42H16BF20NO2. The van der Waals surface area contributed by atoms with Crippen molar-refractivity contribution >= 4 is 44.6 Å². The molecule has 7 aromatic rings. The third-order valence-electron chi connectivity index (χ3n) is 10.3. The van der Waals surface area contributed by atoms with E-state index >= 15 is 35.1 Å². The van der Waals surface area contributed by atoms with Crippen LogP contribution < -0.4 is 26.4 Å². The van der Waals surface area contributed by atoms with Crippen molar-refractivity contribution in [3.63, 3.8) is 0 Å². The monoisotopic (exact) mass is 957 g/mol. The predicted molar refractivity (Wildman–Crippen MR) is 190 cm³/mol. The largest absolute Gasteiger partial charge is 0.385 e. The van der Waals surface area contributed by atoms with Crippen LogP contribution >= 0.6 is 0 Å². The summed E-state index contributed by atoms with van der Waals surface area (Å²) < 4.78 is 296. The molecule has 0 saturated heterocycles. The van der Waals surface area contributed by atoms with Gasteiger partial charge in [-0.2, -0.15) is 4.57 Å². The second-order valence-corrected chi connectivity index (χ2v) is 13.7. The van der Waals surface area contributed by atoms with Gasteiger partial charge >= 0.3 is 0 Å². The van der Waals surface area contributed by atoms with Gasteiger partial charge in [-0.1, -0.05) is 48.5 Å². The summed E-state index contributed by atoms with van der Waals surface area (Å²) in [7, 11) is 0. The molecule has 0 fully saturated rings. The van der Waals surface area contributed by atoms with Crippen molar-refractivity contribution in [3.05, 3.63) is 194 Å². The molecule has 0 unspecified atom stereocenters. The zero-order valence-corrected chi connectivity index (χ0v) is 31.7. The van der Waals surface area contributed by atoms with E-state index in [1.807, 2.05) is 71.4 Å². The molecule has 0 amide bonds. The molecule has 6 aromatic carbocycles. The van der Waals surface area contributed by atoms with Crippen LogP contribution in [0.15, 0.2) is 66.9 Å². The summed E-state index contributed by atoms with van der Waals surface area (Å²) in [6.45, 7) is 0.133. The summed E-state index contributed by atoms with van der Waals surface area (Å²) in [5.74, 6) is -71.4. The van der Waals surface area contributed by atoms with E-state index in [0.717, 1.165) is 16.5 Å². The van der Waals surface area contributed by atoms with Crippen LogP contribution in [-0.2, 0) is 13.2 Å². The zero-order chi connectivity index (χ0) is 49.0. The summed E-state index contributed by atoms with van der Waals surface area (Å²) in [5, 5.41) is 11.7. The minimum absolute atomic E-state index is 0.0329. The lowest BCUT2D eigenvalue weighted by atomic mass is 9.12. The van der Waals surface area contributed by atoms with Crippen molar-refractivity contribution in [3.8, 4) is 0 Å². The Hall–Kier alpha value is -6.98. The van der Waals surface area contributed by atoms with E-state index < -0.39 is 144 Å². The molecule has 24 heteroatoms. The Morgan fingerprint density at radius 3 is 1.00 bits per heavy atom. The van der Waals surface area contributed by atoms with Crippen LogP contribution in [0.3, 0.4) is 0 Å². The molecule has 1 aromatic heterocycles. The Bertz CT molecular complexity index is 2750. The SMILES string of the molecule is Fc1c(F)c(F)c([B-](c2c(F)c(F)c(F)c(F)c2F)(c2c(F)c(F)c(F)c(F)c2F)c2c(F)c(F)c(F)c(F)c2F)c(F)c1F.O=C(C[n+]1ccc2ccccc2c1CO)c1ccccc1. The summed E-state index contributed by atoms with van der Waals surface area (Å²) in [4.78, 5) is 12.3. The second-order valence-electron chi connectivity index (χ2n) is 13.7. The molecule has 0 aliphatic rings. The number of carbonyl (C=O) groups excluding carboxylic acids is 1. The quantitative estimate of drug-likeness (QED) is 0.0416. The van der Waals surface area contributed by atoms with Crippen molar-refractivity contribution in [2.75, 3.05) is 0 Å². The summed E-state index contributed by atoms with van der Waals surface area (Å²) in [6.07, 6.45) is -5.36. The lowest BCUT2D eigenvalue weighted by molar-refractivity contribution is -0.691. The van der Waals surface area contributed by atoms with Gasteiger partial charge in [0.2, 0.25) is 18.0 Å².